The zero-order valence-corrected chi connectivity index (χ0v) is 41.7. The molecule has 1 N–H and O–H groups in total. The fourth-order valence-electron chi connectivity index (χ4n) is 6.78. The van der Waals surface area contributed by atoms with E-state index in [1.165, 1.54) is 83.5 Å². The number of rotatable bonds is 46. The van der Waals surface area contributed by atoms with E-state index < -0.39 is 24.3 Å². The van der Waals surface area contributed by atoms with Crippen molar-refractivity contribution in [3.05, 3.63) is 72.9 Å². The van der Waals surface area contributed by atoms with Crippen LogP contribution in [0.15, 0.2) is 72.9 Å². The van der Waals surface area contributed by atoms with Crippen LogP contribution in [-0.4, -0.2) is 87.4 Å². The molecule has 0 aromatic heterocycles. The van der Waals surface area contributed by atoms with E-state index in [1.54, 1.807) is 0 Å². The molecule has 2 unspecified atom stereocenters. The molecule has 2 atom stereocenters. The molecule has 368 valence electrons. The summed E-state index contributed by atoms with van der Waals surface area (Å²) in [6, 6.07) is 0. The van der Waals surface area contributed by atoms with Gasteiger partial charge >= 0.3 is 17.9 Å². The summed E-state index contributed by atoms with van der Waals surface area (Å²) in [5, 5.41) is 9.65. The molecule has 0 heterocycles. The number of carboxylic acids is 1. The van der Waals surface area contributed by atoms with Gasteiger partial charge in [-0.3, -0.25) is 9.59 Å². The molecule has 0 aromatic carbocycles. The zero-order chi connectivity index (χ0) is 47.0. The number of hydrogen-bond donors (Lipinski definition) is 1. The number of quaternary nitrogens is 1. The summed E-state index contributed by atoms with van der Waals surface area (Å²) >= 11 is 0. The number of unbranched alkanes of at least 4 members (excludes halogenated alkanes) is 19. The summed E-state index contributed by atoms with van der Waals surface area (Å²) in [4.78, 5) is 37.1. The van der Waals surface area contributed by atoms with Crippen molar-refractivity contribution in [1.29, 1.82) is 0 Å². The zero-order valence-electron chi connectivity index (χ0n) is 41.7. The number of allylic oxidation sites excluding steroid dienone is 12. The minimum Gasteiger partial charge on any atom is -0.477 e. The molecule has 9 nitrogen and oxygen atoms in total. The normalized spacial score (nSPS) is 13.5. The third kappa shape index (κ3) is 46.7. The van der Waals surface area contributed by atoms with Crippen molar-refractivity contribution in [1.82, 2.24) is 0 Å². The van der Waals surface area contributed by atoms with Gasteiger partial charge in [0, 0.05) is 12.8 Å². The lowest BCUT2D eigenvalue weighted by atomic mass is 10.0. The molecule has 0 amide bonds. The van der Waals surface area contributed by atoms with Crippen molar-refractivity contribution >= 4 is 17.9 Å². The summed E-state index contributed by atoms with van der Waals surface area (Å²) in [6.07, 6.45) is 55.5. The molecule has 0 aromatic rings. The van der Waals surface area contributed by atoms with Gasteiger partial charge in [0.1, 0.15) is 13.2 Å². The number of ether oxygens (including phenoxy) is 4. The molecule has 0 aliphatic heterocycles. The lowest BCUT2D eigenvalue weighted by molar-refractivity contribution is -0.870. The Labute approximate surface area is 392 Å². The number of hydrogen-bond acceptors (Lipinski definition) is 7. The van der Waals surface area contributed by atoms with Crippen LogP contribution in [0.3, 0.4) is 0 Å². The van der Waals surface area contributed by atoms with Gasteiger partial charge in [-0.2, -0.15) is 0 Å². The van der Waals surface area contributed by atoms with Crippen molar-refractivity contribution < 1.29 is 42.9 Å². The maximum Gasteiger partial charge on any atom is 0.361 e. The van der Waals surface area contributed by atoms with Gasteiger partial charge in [0.25, 0.3) is 6.29 Å². The first-order valence-electron chi connectivity index (χ1n) is 25.6. The van der Waals surface area contributed by atoms with E-state index in [2.05, 4.69) is 86.8 Å². The molecule has 0 fully saturated rings. The second-order valence-electron chi connectivity index (χ2n) is 18.1. The highest BCUT2D eigenvalue weighted by Gasteiger charge is 2.25. The van der Waals surface area contributed by atoms with Gasteiger partial charge in [-0.05, 0) is 64.2 Å². The van der Waals surface area contributed by atoms with Gasteiger partial charge in [-0.25, -0.2) is 4.79 Å². The standard InChI is InChI=1S/C55H95NO8/c1-6-8-10-12-14-16-18-19-20-21-22-23-24-25-26-27-28-29-30-31-32-33-34-35-36-38-40-42-44-46-53(58)64-51(50-63-55(54(59)60)61-48-47-56(3,4)5)49-62-52(57)45-43-41-39-37-17-15-13-11-9-7-2/h8,10,14,16,19-20,22-23,25-26,28-29,51,55H,6-7,9,11-13,15,17-18,21,24,27,30-50H2,1-5H3/p+1/b10-8-,16-14-,20-19-,23-22-,26-25-,29-28-. The molecule has 0 aliphatic carbocycles. The highest BCUT2D eigenvalue weighted by atomic mass is 16.7. The molecule has 9 heteroatoms. The molecule has 0 rings (SSSR count). The predicted molar refractivity (Wildman–Crippen MR) is 267 cm³/mol. The summed E-state index contributed by atoms with van der Waals surface area (Å²) in [5.41, 5.74) is 0. The topological polar surface area (TPSA) is 108 Å². The van der Waals surface area contributed by atoms with E-state index in [1.807, 2.05) is 21.1 Å². The van der Waals surface area contributed by atoms with Crippen molar-refractivity contribution in [2.45, 2.75) is 212 Å². The lowest BCUT2D eigenvalue weighted by Crippen LogP contribution is -2.40. The van der Waals surface area contributed by atoms with Gasteiger partial charge in [0.2, 0.25) is 0 Å². The van der Waals surface area contributed by atoms with Gasteiger partial charge in [0.15, 0.2) is 6.10 Å². The minimum absolute atomic E-state index is 0.184. The average Bonchev–Trinajstić information content (AvgIpc) is 3.26. The fourth-order valence-corrected chi connectivity index (χ4v) is 6.78. The quantitative estimate of drug-likeness (QED) is 0.0212. The van der Waals surface area contributed by atoms with Crippen molar-refractivity contribution in [3.8, 4) is 0 Å². The number of aliphatic carboxylic acids is 1. The number of nitrogens with zero attached hydrogens (tertiary/aromatic N) is 1. The highest BCUT2D eigenvalue weighted by molar-refractivity contribution is 5.71. The van der Waals surface area contributed by atoms with Crippen LogP contribution >= 0.6 is 0 Å². The van der Waals surface area contributed by atoms with Gasteiger partial charge in [-0.15, -0.1) is 0 Å². The second-order valence-corrected chi connectivity index (χ2v) is 18.1. The van der Waals surface area contributed by atoms with E-state index >= 15 is 0 Å². The number of carbonyl (C=O) groups is 3. The summed E-state index contributed by atoms with van der Waals surface area (Å²) in [5.74, 6) is -2.02. The summed E-state index contributed by atoms with van der Waals surface area (Å²) in [7, 11) is 5.95. The molecule has 0 aliphatic rings. The molecule has 0 radical (unpaired) electrons. The van der Waals surface area contributed by atoms with Crippen molar-refractivity contribution in [2.75, 3.05) is 47.5 Å². The van der Waals surface area contributed by atoms with Crippen molar-refractivity contribution in [2.24, 2.45) is 0 Å². The Bertz CT molecular complexity index is 1280. The van der Waals surface area contributed by atoms with Gasteiger partial charge in [-0.1, -0.05) is 196 Å². The van der Waals surface area contributed by atoms with Crippen molar-refractivity contribution in [3.63, 3.8) is 0 Å². The first-order chi connectivity index (χ1) is 31.1. The van der Waals surface area contributed by atoms with Crippen LogP contribution in [0.1, 0.15) is 200 Å². The van der Waals surface area contributed by atoms with Crippen LogP contribution in [0, 0.1) is 0 Å². The predicted octanol–water partition coefficient (Wildman–Crippen LogP) is 14.3. The highest BCUT2D eigenvalue weighted by Crippen LogP contribution is 2.15. The number of carbonyl (C=O) groups excluding carboxylic acids is 2. The number of likely N-dealkylation sites (N-methyl/N-ethyl adjacent to an activating group) is 1. The first kappa shape index (κ1) is 60.7. The maximum atomic E-state index is 12.8. The van der Waals surface area contributed by atoms with Gasteiger partial charge < -0.3 is 28.5 Å². The largest absolute Gasteiger partial charge is 0.477 e. The molecular weight excluding hydrogens is 803 g/mol. The second kappa shape index (κ2) is 46.3. The number of esters is 2. The Kier molecular flexibility index (Phi) is 43.9. The van der Waals surface area contributed by atoms with Crippen LogP contribution in [0.5, 0.6) is 0 Å². The Morgan fingerprint density at radius 2 is 0.891 bits per heavy atom. The first-order valence-corrected chi connectivity index (χ1v) is 25.6. The Morgan fingerprint density at radius 3 is 1.33 bits per heavy atom. The van der Waals surface area contributed by atoms with E-state index in [0.717, 1.165) is 83.5 Å². The minimum atomic E-state index is -1.51. The third-order valence-corrected chi connectivity index (χ3v) is 10.7. The third-order valence-electron chi connectivity index (χ3n) is 10.7. The van der Waals surface area contributed by atoms with Crippen LogP contribution in [-0.2, 0) is 33.3 Å². The van der Waals surface area contributed by atoms with Crippen LogP contribution in [0.25, 0.3) is 0 Å². The molecule has 0 saturated heterocycles. The summed E-state index contributed by atoms with van der Waals surface area (Å²) in [6.45, 7) is 4.73. The van der Waals surface area contributed by atoms with Crippen LogP contribution < -0.4 is 0 Å². The van der Waals surface area contributed by atoms with E-state index in [9.17, 15) is 19.5 Å². The molecule has 64 heavy (non-hydrogen) atoms. The Balaban J connectivity index is 4.22. The molecule has 0 bridgehead atoms. The molecule has 0 saturated carbocycles. The van der Waals surface area contributed by atoms with Crippen LogP contribution in [0.2, 0.25) is 0 Å². The Morgan fingerprint density at radius 1 is 0.484 bits per heavy atom. The Hall–Kier alpha value is -3.27. The average molecular weight is 899 g/mol. The lowest BCUT2D eigenvalue weighted by Gasteiger charge is -2.25. The van der Waals surface area contributed by atoms with Crippen LogP contribution in [0.4, 0.5) is 0 Å². The monoisotopic (exact) mass is 899 g/mol. The van der Waals surface area contributed by atoms with E-state index in [-0.39, 0.29) is 32.2 Å². The maximum absolute atomic E-state index is 12.8. The SMILES string of the molecule is CC/C=C\C/C=C\C/C=C\C/C=C\C/C=C\C/C=C\CCCCCCCCCCCCC(=O)OC(COC(=O)CCCCCCCCCCCC)COC(OCC[N+](C)(C)C)C(=O)O. The molecule has 0 spiro atoms. The fraction of sp³-hybridized carbons (Fsp3) is 0.727. The smallest absolute Gasteiger partial charge is 0.361 e. The van der Waals surface area contributed by atoms with E-state index in [4.69, 9.17) is 18.9 Å². The van der Waals surface area contributed by atoms with Gasteiger partial charge in [0.05, 0.1) is 34.4 Å². The van der Waals surface area contributed by atoms with E-state index in [0.29, 0.717) is 23.9 Å². The number of carboxylic acid groups (broad SMARTS) is 1. The summed E-state index contributed by atoms with van der Waals surface area (Å²) < 4.78 is 22.7. The molecular formula is C55H96NO8+.